The fourth-order valence-corrected chi connectivity index (χ4v) is 2.01. The number of benzene rings is 1. The van der Waals surface area contributed by atoms with Gasteiger partial charge in [0.05, 0.1) is 12.5 Å². The molecule has 5 heteroatoms. The SMILES string of the molecule is CC(CN(C)Cc1cc(-c2ccccc2)no1)C(=O)O. The minimum absolute atomic E-state index is 0.406. The quantitative estimate of drug-likeness (QED) is 0.876. The van der Waals surface area contributed by atoms with Gasteiger partial charge in [-0.2, -0.15) is 0 Å². The van der Waals surface area contributed by atoms with Crippen LogP contribution in [0.2, 0.25) is 0 Å². The Morgan fingerprint density at radius 2 is 2.10 bits per heavy atom. The highest BCUT2D eigenvalue weighted by molar-refractivity contribution is 5.69. The van der Waals surface area contributed by atoms with Gasteiger partial charge in [0.15, 0.2) is 5.76 Å². The highest BCUT2D eigenvalue weighted by Crippen LogP contribution is 2.19. The summed E-state index contributed by atoms with van der Waals surface area (Å²) >= 11 is 0. The van der Waals surface area contributed by atoms with E-state index in [4.69, 9.17) is 9.63 Å². The smallest absolute Gasteiger partial charge is 0.307 e. The summed E-state index contributed by atoms with van der Waals surface area (Å²) in [5.41, 5.74) is 1.80. The molecule has 1 heterocycles. The third-order valence-corrected chi connectivity index (χ3v) is 3.06. The molecule has 0 radical (unpaired) electrons. The van der Waals surface area contributed by atoms with Crippen molar-refractivity contribution in [2.75, 3.05) is 13.6 Å². The van der Waals surface area contributed by atoms with Crippen molar-refractivity contribution in [2.45, 2.75) is 13.5 Å². The van der Waals surface area contributed by atoms with Crippen molar-refractivity contribution in [3.05, 3.63) is 42.2 Å². The molecule has 0 fully saturated rings. The van der Waals surface area contributed by atoms with Crippen LogP contribution in [0.25, 0.3) is 11.3 Å². The number of aromatic nitrogens is 1. The zero-order chi connectivity index (χ0) is 14.5. The number of nitrogens with zero attached hydrogens (tertiary/aromatic N) is 2. The van der Waals surface area contributed by atoms with Gasteiger partial charge in [0, 0.05) is 18.2 Å². The Kier molecular flexibility index (Phi) is 4.53. The van der Waals surface area contributed by atoms with Crippen LogP contribution >= 0.6 is 0 Å². The van der Waals surface area contributed by atoms with E-state index in [1.54, 1.807) is 6.92 Å². The second kappa shape index (κ2) is 6.34. The number of carboxylic acids is 1. The third-order valence-electron chi connectivity index (χ3n) is 3.06. The first-order chi connectivity index (χ1) is 9.56. The molecule has 2 rings (SSSR count). The Morgan fingerprint density at radius 1 is 1.40 bits per heavy atom. The summed E-state index contributed by atoms with van der Waals surface area (Å²) in [6.45, 7) is 2.70. The van der Waals surface area contributed by atoms with Gasteiger partial charge in [0.25, 0.3) is 0 Å². The summed E-state index contributed by atoms with van der Waals surface area (Å²) in [6.07, 6.45) is 0. The number of hydrogen-bond donors (Lipinski definition) is 1. The second-order valence-electron chi connectivity index (χ2n) is 4.98. The van der Waals surface area contributed by atoms with Crippen LogP contribution in [0, 0.1) is 5.92 Å². The number of carbonyl (C=O) groups is 1. The lowest BCUT2D eigenvalue weighted by Crippen LogP contribution is -2.28. The average Bonchev–Trinajstić information content (AvgIpc) is 2.88. The Hall–Kier alpha value is -2.14. The van der Waals surface area contributed by atoms with Crippen molar-refractivity contribution < 1.29 is 14.4 Å². The summed E-state index contributed by atoms with van der Waals surface area (Å²) in [4.78, 5) is 12.7. The van der Waals surface area contributed by atoms with Crippen molar-refractivity contribution in [3.8, 4) is 11.3 Å². The molecular formula is C15H18N2O3. The molecule has 0 spiro atoms. The van der Waals surface area contributed by atoms with Gasteiger partial charge in [-0.15, -0.1) is 0 Å². The molecule has 1 unspecified atom stereocenters. The summed E-state index contributed by atoms with van der Waals surface area (Å²) < 4.78 is 5.29. The van der Waals surface area contributed by atoms with E-state index in [9.17, 15) is 4.79 Å². The lowest BCUT2D eigenvalue weighted by molar-refractivity contribution is -0.141. The molecule has 20 heavy (non-hydrogen) atoms. The predicted octanol–water partition coefficient (Wildman–Crippen LogP) is 2.49. The van der Waals surface area contributed by atoms with E-state index >= 15 is 0 Å². The maximum atomic E-state index is 10.8. The average molecular weight is 274 g/mol. The fourth-order valence-electron chi connectivity index (χ4n) is 2.01. The highest BCUT2D eigenvalue weighted by atomic mass is 16.5. The second-order valence-corrected chi connectivity index (χ2v) is 4.98. The van der Waals surface area contributed by atoms with Gasteiger partial charge in [-0.25, -0.2) is 0 Å². The van der Waals surface area contributed by atoms with Crippen LogP contribution in [0.4, 0.5) is 0 Å². The molecule has 1 aromatic carbocycles. The maximum Gasteiger partial charge on any atom is 0.307 e. The van der Waals surface area contributed by atoms with E-state index < -0.39 is 11.9 Å². The van der Waals surface area contributed by atoms with Gasteiger partial charge < -0.3 is 9.63 Å². The minimum Gasteiger partial charge on any atom is -0.481 e. The number of aliphatic carboxylic acids is 1. The molecule has 0 amide bonds. The molecule has 5 nitrogen and oxygen atoms in total. The van der Waals surface area contributed by atoms with E-state index in [2.05, 4.69) is 5.16 Å². The van der Waals surface area contributed by atoms with E-state index in [1.807, 2.05) is 48.3 Å². The van der Waals surface area contributed by atoms with Crippen molar-refractivity contribution in [3.63, 3.8) is 0 Å². The van der Waals surface area contributed by atoms with Crippen LogP contribution in [0.5, 0.6) is 0 Å². The molecule has 0 aliphatic rings. The standard InChI is InChI=1S/C15H18N2O3/c1-11(15(18)19)9-17(2)10-13-8-14(16-20-13)12-6-4-3-5-7-12/h3-8,11H,9-10H2,1-2H3,(H,18,19). The molecule has 1 N–H and O–H groups in total. The predicted molar refractivity (Wildman–Crippen MR) is 75.1 cm³/mol. The van der Waals surface area contributed by atoms with Gasteiger partial charge >= 0.3 is 5.97 Å². The Balaban J connectivity index is 1.98. The van der Waals surface area contributed by atoms with Crippen molar-refractivity contribution in [1.29, 1.82) is 0 Å². The zero-order valence-electron chi connectivity index (χ0n) is 11.6. The molecule has 0 aliphatic heterocycles. The summed E-state index contributed by atoms with van der Waals surface area (Å²) in [5.74, 6) is -0.472. The first-order valence-electron chi connectivity index (χ1n) is 6.48. The van der Waals surface area contributed by atoms with E-state index in [-0.39, 0.29) is 0 Å². The molecule has 0 saturated carbocycles. The monoisotopic (exact) mass is 274 g/mol. The Morgan fingerprint density at radius 3 is 2.75 bits per heavy atom. The van der Waals surface area contributed by atoms with E-state index in [0.717, 1.165) is 17.0 Å². The molecule has 2 aromatic rings. The topological polar surface area (TPSA) is 66.6 Å². The molecule has 106 valence electrons. The van der Waals surface area contributed by atoms with Crippen molar-refractivity contribution in [1.82, 2.24) is 10.1 Å². The van der Waals surface area contributed by atoms with Crippen LogP contribution in [-0.2, 0) is 11.3 Å². The van der Waals surface area contributed by atoms with Crippen LogP contribution in [0.1, 0.15) is 12.7 Å². The highest BCUT2D eigenvalue weighted by Gasteiger charge is 2.15. The first-order valence-corrected chi connectivity index (χ1v) is 6.48. The number of hydrogen-bond acceptors (Lipinski definition) is 4. The number of carboxylic acid groups (broad SMARTS) is 1. The van der Waals surface area contributed by atoms with Crippen molar-refractivity contribution in [2.24, 2.45) is 5.92 Å². The normalized spacial score (nSPS) is 12.6. The molecule has 1 atom stereocenters. The summed E-state index contributed by atoms with van der Waals surface area (Å²) in [6, 6.07) is 11.7. The fraction of sp³-hybridized carbons (Fsp3) is 0.333. The van der Waals surface area contributed by atoms with Gasteiger partial charge in [-0.3, -0.25) is 9.69 Å². The molecule has 1 aromatic heterocycles. The molecule has 0 saturated heterocycles. The van der Waals surface area contributed by atoms with Crippen LogP contribution in [0.3, 0.4) is 0 Å². The lowest BCUT2D eigenvalue weighted by Gasteiger charge is -2.16. The Labute approximate surface area is 117 Å². The molecular weight excluding hydrogens is 256 g/mol. The van der Waals surface area contributed by atoms with Crippen LogP contribution < -0.4 is 0 Å². The van der Waals surface area contributed by atoms with Crippen molar-refractivity contribution >= 4 is 5.97 Å². The van der Waals surface area contributed by atoms with Gasteiger partial charge in [-0.05, 0) is 7.05 Å². The van der Waals surface area contributed by atoms with E-state index in [0.29, 0.717) is 13.1 Å². The van der Waals surface area contributed by atoms with E-state index in [1.165, 1.54) is 0 Å². The summed E-state index contributed by atoms with van der Waals surface area (Å²) in [7, 11) is 1.87. The Bertz CT molecular complexity index is 566. The lowest BCUT2D eigenvalue weighted by atomic mass is 10.1. The maximum absolute atomic E-state index is 10.8. The van der Waals surface area contributed by atoms with Gasteiger partial charge in [-0.1, -0.05) is 42.4 Å². The zero-order valence-corrected chi connectivity index (χ0v) is 11.6. The first kappa shape index (κ1) is 14.3. The van der Waals surface area contributed by atoms with Crippen LogP contribution in [0.15, 0.2) is 40.9 Å². The largest absolute Gasteiger partial charge is 0.481 e. The molecule has 0 aliphatic carbocycles. The van der Waals surface area contributed by atoms with Gasteiger partial charge in [0.2, 0.25) is 0 Å². The minimum atomic E-state index is -0.792. The number of rotatable bonds is 6. The van der Waals surface area contributed by atoms with Crippen LogP contribution in [-0.4, -0.2) is 34.7 Å². The molecule has 0 bridgehead atoms. The summed E-state index contributed by atoms with van der Waals surface area (Å²) in [5, 5.41) is 12.9. The van der Waals surface area contributed by atoms with Gasteiger partial charge in [0.1, 0.15) is 5.69 Å². The third kappa shape index (κ3) is 3.68.